The van der Waals surface area contributed by atoms with Gasteiger partial charge in [0.2, 0.25) is 5.91 Å². The molecule has 2 atom stereocenters. The minimum atomic E-state index is -1.11. The Hall–Kier alpha value is -3.22. The highest BCUT2D eigenvalue weighted by atomic mass is 19.1. The predicted octanol–water partition coefficient (Wildman–Crippen LogP) is 2.64. The number of carboxylic acids is 1. The third-order valence-corrected chi connectivity index (χ3v) is 5.14. The van der Waals surface area contributed by atoms with E-state index < -0.39 is 29.6 Å². The molecular weight excluding hydrogens is 375 g/mol. The van der Waals surface area contributed by atoms with Crippen LogP contribution in [0.25, 0.3) is 0 Å². The van der Waals surface area contributed by atoms with Gasteiger partial charge in [0, 0.05) is 5.56 Å². The Labute approximate surface area is 168 Å². The maximum absolute atomic E-state index is 13.2. The van der Waals surface area contributed by atoms with Crippen LogP contribution in [0.3, 0.4) is 0 Å². The molecular formula is C22H23FN2O4. The van der Waals surface area contributed by atoms with E-state index in [1.54, 1.807) is 0 Å². The maximum Gasteiger partial charge on any atom is 0.326 e. The van der Waals surface area contributed by atoms with Crippen LogP contribution in [0.4, 0.5) is 4.39 Å². The summed E-state index contributed by atoms with van der Waals surface area (Å²) < 4.78 is 13.2. The maximum atomic E-state index is 13.2. The quantitative estimate of drug-likeness (QED) is 0.668. The molecule has 2 aromatic rings. The van der Waals surface area contributed by atoms with Gasteiger partial charge in [-0.3, -0.25) is 9.59 Å². The summed E-state index contributed by atoms with van der Waals surface area (Å²) in [5.41, 5.74) is 2.45. The number of carbonyl (C=O) groups is 3. The van der Waals surface area contributed by atoms with E-state index in [0.29, 0.717) is 0 Å². The molecule has 6 nitrogen and oxygen atoms in total. The van der Waals surface area contributed by atoms with Crippen molar-refractivity contribution in [1.29, 1.82) is 0 Å². The van der Waals surface area contributed by atoms with Crippen molar-refractivity contribution in [3.8, 4) is 0 Å². The number of aliphatic carboxylic acids is 1. The Morgan fingerprint density at radius 3 is 2.69 bits per heavy atom. The second-order valence-electron chi connectivity index (χ2n) is 7.18. The van der Waals surface area contributed by atoms with E-state index in [4.69, 9.17) is 0 Å². The number of amides is 2. The number of carbonyl (C=O) groups excluding carboxylic acids is 2. The standard InChI is InChI=1S/C22H23FN2O4/c23-17-9-4-8-16(11-17)21(27)24-13-20(26)25-19(22(28)29)12-15-7-3-6-14-5-1-2-10-18(14)15/h1-2,4-5,8-11,15,19H,3,6-7,12-13H2,(H,24,27)(H,25,26)(H,28,29). The molecule has 2 amide bonds. The van der Waals surface area contributed by atoms with Crippen LogP contribution < -0.4 is 10.6 Å². The molecule has 0 fully saturated rings. The Morgan fingerprint density at radius 1 is 1.14 bits per heavy atom. The summed E-state index contributed by atoms with van der Waals surface area (Å²) in [6.45, 7) is -0.389. The number of aryl methyl sites for hydroxylation is 1. The van der Waals surface area contributed by atoms with Crippen LogP contribution in [0, 0.1) is 5.82 Å². The van der Waals surface area contributed by atoms with E-state index in [2.05, 4.69) is 16.7 Å². The molecule has 0 radical (unpaired) electrons. The fourth-order valence-corrected chi connectivity index (χ4v) is 3.74. The van der Waals surface area contributed by atoms with E-state index in [1.165, 1.54) is 23.8 Å². The lowest BCUT2D eigenvalue weighted by Gasteiger charge is -2.28. The summed E-state index contributed by atoms with van der Waals surface area (Å²) >= 11 is 0. The zero-order valence-electron chi connectivity index (χ0n) is 15.9. The van der Waals surface area contributed by atoms with Crippen LogP contribution in [0.2, 0.25) is 0 Å². The van der Waals surface area contributed by atoms with Crippen LogP contribution in [0.15, 0.2) is 48.5 Å². The Morgan fingerprint density at radius 2 is 1.93 bits per heavy atom. The molecule has 7 heteroatoms. The van der Waals surface area contributed by atoms with Gasteiger partial charge in [0.25, 0.3) is 5.91 Å². The van der Waals surface area contributed by atoms with Gasteiger partial charge in [0.1, 0.15) is 11.9 Å². The van der Waals surface area contributed by atoms with E-state index >= 15 is 0 Å². The molecule has 0 bridgehead atoms. The van der Waals surface area contributed by atoms with Crippen LogP contribution in [-0.2, 0) is 16.0 Å². The number of nitrogens with one attached hydrogen (secondary N) is 2. The van der Waals surface area contributed by atoms with Crippen molar-refractivity contribution in [3.05, 3.63) is 71.0 Å². The zero-order valence-corrected chi connectivity index (χ0v) is 15.9. The first-order valence-electron chi connectivity index (χ1n) is 9.58. The van der Waals surface area contributed by atoms with Crippen molar-refractivity contribution < 1.29 is 23.9 Å². The monoisotopic (exact) mass is 398 g/mol. The molecule has 0 spiro atoms. The number of halogens is 1. The fraction of sp³-hybridized carbons (Fsp3) is 0.318. The van der Waals surface area contributed by atoms with Crippen molar-refractivity contribution in [1.82, 2.24) is 10.6 Å². The van der Waals surface area contributed by atoms with Crippen molar-refractivity contribution in [2.75, 3.05) is 6.54 Å². The number of rotatable bonds is 7. The van der Waals surface area contributed by atoms with Gasteiger partial charge in [-0.05, 0) is 60.9 Å². The topological polar surface area (TPSA) is 95.5 Å². The summed E-state index contributed by atoms with van der Waals surface area (Å²) in [7, 11) is 0. The summed E-state index contributed by atoms with van der Waals surface area (Å²) in [6.07, 6.45) is 3.11. The Balaban J connectivity index is 1.57. The van der Waals surface area contributed by atoms with Gasteiger partial charge in [-0.15, -0.1) is 0 Å². The molecule has 0 aromatic heterocycles. The molecule has 29 heavy (non-hydrogen) atoms. The number of hydrogen-bond acceptors (Lipinski definition) is 3. The smallest absolute Gasteiger partial charge is 0.326 e. The summed E-state index contributed by atoms with van der Waals surface area (Å²) in [5, 5.41) is 14.4. The van der Waals surface area contributed by atoms with Gasteiger partial charge in [-0.25, -0.2) is 9.18 Å². The van der Waals surface area contributed by atoms with E-state index in [1.807, 2.05) is 18.2 Å². The first kappa shape index (κ1) is 20.5. The van der Waals surface area contributed by atoms with Crippen LogP contribution in [-0.4, -0.2) is 35.5 Å². The highest BCUT2D eigenvalue weighted by molar-refractivity contribution is 5.96. The van der Waals surface area contributed by atoms with Gasteiger partial charge in [-0.1, -0.05) is 30.3 Å². The molecule has 1 aliphatic rings. The summed E-state index contributed by atoms with van der Waals surface area (Å²) in [6, 6.07) is 12.0. The minimum absolute atomic E-state index is 0.0586. The number of benzene rings is 2. The molecule has 0 heterocycles. The zero-order chi connectivity index (χ0) is 20.8. The Bertz CT molecular complexity index is 915. The molecule has 152 valence electrons. The van der Waals surface area contributed by atoms with E-state index in [0.717, 1.165) is 30.9 Å². The molecule has 3 rings (SSSR count). The molecule has 3 N–H and O–H groups in total. The lowest BCUT2D eigenvalue weighted by atomic mass is 9.79. The second kappa shape index (κ2) is 9.32. The van der Waals surface area contributed by atoms with Crippen molar-refractivity contribution in [2.45, 2.75) is 37.6 Å². The average molecular weight is 398 g/mol. The summed E-state index contributed by atoms with van der Waals surface area (Å²) in [4.78, 5) is 35.9. The minimum Gasteiger partial charge on any atom is -0.480 e. The Kier molecular flexibility index (Phi) is 6.59. The van der Waals surface area contributed by atoms with Gasteiger partial charge >= 0.3 is 5.97 Å². The van der Waals surface area contributed by atoms with Gasteiger partial charge in [-0.2, -0.15) is 0 Å². The average Bonchev–Trinajstić information content (AvgIpc) is 2.71. The SMILES string of the molecule is O=C(CNC(=O)c1cccc(F)c1)NC(CC1CCCc2ccccc21)C(=O)O. The second-order valence-corrected chi connectivity index (χ2v) is 7.18. The van der Waals surface area contributed by atoms with Crippen LogP contribution >= 0.6 is 0 Å². The normalized spacial score (nSPS) is 16.4. The molecule has 2 unspecified atom stereocenters. The fourth-order valence-electron chi connectivity index (χ4n) is 3.74. The van der Waals surface area contributed by atoms with Gasteiger partial charge in [0.05, 0.1) is 6.54 Å². The first-order chi connectivity index (χ1) is 13.9. The van der Waals surface area contributed by atoms with E-state index in [9.17, 15) is 23.9 Å². The third kappa shape index (κ3) is 5.40. The van der Waals surface area contributed by atoms with Crippen LogP contribution in [0.5, 0.6) is 0 Å². The van der Waals surface area contributed by atoms with E-state index in [-0.39, 0.29) is 24.4 Å². The largest absolute Gasteiger partial charge is 0.480 e. The number of fused-ring (bicyclic) bond motifs is 1. The number of carboxylic acid groups (broad SMARTS) is 1. The lowest BCUT2D eigenvalue weighted by molar-refractivity contribution is -0.142. The predicted molar refractivity (Wildman–Crippen MR) is 105 cm³/mol. The molecule has 0 saturated carbocycles. The van der Waals surface area contributed by atoms with Crippen LogP contribution in [0.1, 0.15) is 46.7 Å². The van der Waals surface area contributed by atoms with Gasteiger partial charge < -0.3 is 15.7 Å². The molecule has 0 aliphatic heterocycles. The molecule has 2 aromatic carbocycles. The van der Waals surface area contributed by atoms with Gasteiger partial charge in [0.15, 0.2) is 0 Å². The highest BCUT2D eigenvalue weighted by Gasteiger charge is 2.28. The lowest BCUT2D eigenvalue weighted by Crippen LogP contribution is -2.46. The van der Waals surface area contributed by atoms with Crippen molar-refractivity contribution >= 4 is 17.8 Å². The highest BCUT2D eigenvalue weighted by Crippen LogP contribution is 2.34. The number of hydrogen-bond donors (Lipinski definition) is 3. The summed E-state index contributed by atoms with van der Waals surface area (Å²) in [5.74, 6) is -2.82. The molecule has 1 aliphatic carbocycles. The first-order valence-corrected chi connectivity index (χ1v) is 9.58. The van der Waals surface area contributed by atoms with Crippen molar-refractivity contribution in [2.24, 2.45) is 0 Å². The molecule has 0 saturated heterocycles. The van der Waals surface area contributed by atoms with Crippen molar-refractivity contribution in [3.63, 3.8) is 0 Å². The third-order valence-electron chi connectivity index (χ3n) is 5.14.